The van der Waals surface area contributed by atoms with Gasteiger partial charge in [-0.15, -0.1) is 0 Å². The Morgan fingerprint density at radius 2 is 2.07 bits per heavy atom. The monoisotopic (exact) mass is 200 g/mol. The molecule has 0 spiro atoms. The normalized spacial score (nSPS) is 10.2. The Labute approximate surface area is 88.2 Å². The van der Waals surface area contributed by atoms with Crippen molar-refractivity contribution in [2.75, 3.05) is 5.73 Å². The summed E-state index contributed by atoms with van der Waals surface area (Å²) in [5.74, 6) is 0.165. The number of aromatic hydroxyl groups is 1. The van der Waals surface area contributed by atoms with Gasteiger partial charge in [-0.3, -0.25) is 4.98 Å². The van der Waals surface area contributed by atoms with Crippen molar-refractivity contribution in [1.29, 1.82) is 0 Å². The molecule has 3 heteroatoms. The van der Waals surface area contributed by atoms with E-state index in [1.54, 1.807) is 6.07 Å². The highest BCUT2D eigenvalue weighted by atomic mass is 16.3. The molecule has 1 heterocycles. The number of anilines is 1. The summed E-state index contributed by atoms with van der Waals surface area (Å²) in [6.07, 6.45) is 1.44. The number of nitrogens with zero attached hydrogens (tertiary/aromatic N) is 1. The van der Waals surface area contributed by atoms with Crippen LogP contribution >= 0.6 is 0 Å². The Morgan fingerprint density at radius 1 is 1.27 bits per heavy atom. The molecule has 2 aromatic rings. The second kappa shape index (κ2) is 3.61. The van der Waals surface area contributed by atoms with Crippen molar-refractivity contribution >= 4 is 5.69 Å². The molecule has 0 atom stereocenters. The van der Waals surface area contributed by atoms with Gasteiger partial charge in [0.05, 0.1) is 6.20 Å². The summed E-state index contributed by atoms with van der Waals surface area (Å²) in [6.45, 7) is 1.90. The van der Waals surface area contributed by atoms with Crippen LogP contribution in [-0.4, -0.2) is 10.1 Å². The summed E-state index contributed by atoms with van der Waals surface area (Å²) in [7, 11) is 0. The molecule has 0 aliphatic carbocycles. The molecule has 1 aromatic heterocycles. The van der Waals surface area contributed by atoms with Crippen molar-refractivity contribution in [1.82, 2.24) is 4.98 Å². The maximum absolute atomic E-state index is 9.37. The third kappa shape index (κ3) is 1.91. The molecule has 1 aromatic carbocycles. The minimum Gasteiger partial charge on any atom is -0.506 e. The van der Waals surface area contributed by atoms with Gasteiger partial charge in [0.15, 0.2) is 0 Å². The minimum absolute atomic E-state index is 0.165. The van der Waals surface area contributed by atoms with Gasteiger partial charge in [-0.2, -0.15) is 0 Å². The average molecular weight is 200 g/mol. The summed E-state index contributed by atoms with van der Waals surface area (Å²) in [4.78, 5) is 4.09. The van der Waals surface area contributed by atoms with Crippen molar-refractivity contribution in [3.05, 3.63) is 42.2 Å². The third-order valence-electron chi connectivity index (χ3n) is 2.27. The van der Waals surface area contributed by atoms with E-state index in [0.29, 0.717) is 5.69 Å². The van der Waals surface area contributed by atoms with Gasteiger partial charge >= 0.3 is 0 Å². The van der Waals surface area contributed by atoms with Crippen molar-refractivity contribution in [2.24, 2.45) is 0 Å². The number of hydrogen-bond donors (Lipinski definition) is 2. The number of aryl methyl sites for hydroxylation is 1. The van der Waals surface area contributed by atoms with Crippen LogP contribution in [0.15, 0.2) is 36.5 Å². The second-order valence-corrected chi connectivity index (χ2v) is 3.45. The Kier molecular flexibility index (Phi) is 2.29. The first-order valence-corrected chi connectivity index (χ1v) is 4.68. The lowest BCUT2D eigenvalue weighted by molar-refractivity contribution is 0.472. The Hall–Kier alpha value is -2.03. The fourth-order valence-corrected chi connectivity index (χ4v) is 1.52. The van der Waals surface area contributed by atoms with Crippen LogP contribution < -0.4 is 5.73 Å². The van der Waals surface area contributed by atoms with Gasteiger partial charge in [0, 0.05) is 16.9 Å². The fourth-order valence-electron chi connectivity index (χ4n) is 1.52. The van der Waals surface area contributed by atoms with Gasteiger partial charge in [-0.05, 0) is 30.7 Å². The zero-order chi connectivity index (χ0) is 10.8. The quantitative estimate of drug-likeness (QED) is 0.694. The second-order valence-electron chi connectivity index (χ2n) is 3.45. The van der Waals surface area contributed by atoms with Crippen LogP contribution in [0.4, 0.5) is 5.69 Å². The average Bonchev–Trinajstić information content (AvgIpc) is 2.22. The highest BCUT2D eigenvalue weighted by molar-refractivity contribution is 5.70. The van der Waals surface area contributed by atoms with E-state index < -0.39 is 0 Å². The van der Waals surface area contributed by atoms with Gasteiger partial charge in [-0.1, -0.05) is 12.1 Å². The molecule has 0 saturated heterocycles. The maximum Gasteiger partial charge on any atom is 0.134 e. The number of rotatable bonds is 1. The highest BCUT2D eigenvalue weighted by Gasteiger charge is 2.04. The van der Waals surface area contributed by atoms with Crippen molar-refractivity contribution in [2.45, 2.75) is 6.92 Å². The highest BCUT2D eigenvalue weighted by Crippen LogP contribution is 2.26. The molecule has 3 nitrogen and oxygen atoms in total. The first-order chi connectivity index (χ1) is 7.16. The number of benzene rings is 1. The number of aromatic nitrogens is 1. The van der Waals surface area contributed by atoms with Gasteiger partial charge in [0.1, 0.15) is 5.75 Å². The molecule has 15 heavy (non-hydrogen) atoms. The largest absolute Gasteiger partial charge is 0.506 e. The predicted octanol–water partition coefficient (Wildman–Crippen LogP) is 2.34. The molecule has 3 N–H and O–H groups in total. The van der Waals surface area contributed by atoms with Crippen molar-refractivity contribution in [3.63, 3.8) is 0 Å². The zero-order valence-electron chi connectivity index (χ0n) is 8.44. The summed E-state index contributed by atoms with van der Waals surface area (Å²) in [6, 6.07) is 9.21. The van der Waals surface area contributed by atoms with Crippen LogP contribution in [0.5, 0.6) is 5.75 Å². The van der Waals surface area contributed by atoms with E-state index in [4.69, 9.17) is 5.73 Å². The molecule has 2 rings (SSSR count). The van der Waals surface area contributed by atoms with Gasteiger partial charge in [0.2, 0.25) is 0 Å². The van der Waals surface area contributed by atoms with Crippen LogP contribution in [0.3, 0.4) is 0 Å². The Morgan fingerprint density at radius 3 is 2.80 bits per heavy atom. The smallest absolute Gasteiger partial charge is 0.134 e. The first kappa shape index (κ1) is 9.52. The van der Waals surface area contributed by atoms with Crippen molar-refractivity contribution < 1.29 is 5.11 Å². The standard InChI is InChI=1S/C12H12N2O/c1-8-12(6-11(15)7-14-8)9-3-2-4-10(13)5-9/h2-7,15H,13H2,1H3. The maximum atomic E-state index is 9.37. The van der Waals surface area contributed by atoms with E-state index >= 15 is 0 Å². The van der Waals surface area contributed by atoms with E-state index in [1.165, 1.54) is 6.20 Å². The molecule has 0 amide bonds. The number of pyridine rings is 1. The van der Waals surface area contributed by atoms with E-state index in [9.17, 15) is 5.11 Å². The van der Waals surface area contributed by atoms with Crippen LogP contribution in [0.25, 0.3) is 11.1 Å². The lowest BCUT2D eigenvalue weighted by Gasteiger charge is -2.06. The summed E-state index contributed by atoms with van der Waals surface area (Å²) in [5.41, 5.74) is 9.15. The third-order valence-corrected chi connectivity index (χ3v) is 2.27. The summed E-state index contributed by atoms with van der Waals surface area (Å²) >= 11 is 0. The zero-order valence-corrected chi connectivity index (χ0v) is 8.44. The van der Waals surface area contributed by atoms with Crippen molar-refractivity contribution in [3.8, 4) is 16.9 Å². The Bertz CT molecular complexity index is 495. The van der Waals surface area contributed by atoms with Gasteiger partial charge < -0.3 is 10.8 Å². The van der Waals surface area contributed by atoms with Crippen LogP contribution in [-0.2, 0) is 0 Å². The molecule has 0 radical (unpaired) electrons. The summed E-state index contributed by atoms with van der Waals surface area (Å²) < 4.78 is 0. The molecule has 0 aliphatic heterocycles. The fraction of sp³-hybridized carbons (Fsp3) is 0.0833. The molecule has 0 saturated carbocycles. The molecular weight excluding hydrogens is 188 g/mol. The Balaban J connectivity index is 2.58. The first-order valence-electron chi connectivity index (χ1n) is 4.68. The predicted molar refractivity (Wildman–Crippen MR) is 60.5 cm³/mol. The number of hydrogen-bond acceptors (Lipinski definition) is 3. The lowest BCUT2D eigenvalue weighted by Crippen LogP contribution is -1.89. The van der Waals surface area contributed by atoms with E-state index in [1.807, 2.05) is 31.2 Å². The molecule has 0 fully saturated rings. The number of nitrogens with two attached hydrogens (primary N) is 1. The molecular formula is C12H12N2O. The van der Waals surface area contributed by atoms with Gasteiger partial charge in [-0.25, -0.2) is 0 Å². The lowest BCUT2D eigenvalue weighted by atomic mass is 10.0. The van der Waals surface area contributed by atoms with E-state index in [-0.39, 0.29) is 5.75 Å². The minimum atomic E-state index is 0.165. The number of nitrogen functional groups attached to an aromatic ring is 1. The molecule has 0 aliphatic rings. The molecule has 76 valence electrons. The van der Waals surface area contributed by atoms with Crippen LogP contribution in [0.1, 0.15) is 5.69 Å². The van der Waals surface area contributed by atoms with E-state index in [2.05, 4.69) is 4.98 Å². The SMILES string of the molecule is Cc1ncc(O)cc1-c1cccc(N)c1. The topological polar surface area (TPSA) is 59.1 Å². The summed E-state index contributed by atoms with van der Waals surface area (Å²) in [5, 5.41) is 9.37. The van der Waals surface area contributed by atoms with Crippen LogP contribution in [0.2, 0.25) is 0 Å². The molecule has 0 unspecified atom stereocenters. The molecule has 0 bridgehead atoms. The van der Waals surface area contributed by atoms with Gasteiger partial charge in [0.25, 0.3) is 0 Å². The van der Waals surface area contributed by atoms with E-state index in [0.717, 1.165) is 16.8 Å². The van der Waals surface area contributed by atoms with Crippen LogP contribution in [0, 0.1) is 6.92 Å².